The zero-order valence-electron chi connectivity index (χ0n) is 13.7. The second kappa shape index (κ2) is 7.25. The van der Waals surface area contributed by atoms with E-state index in [2.05, 4.69) is 5.32 Å². The fourth-order valence-electron chi connectivity index (χ4n) is 2.08. The van der Waals surface area contributed by atoms with Crippen molar-refractivity contribution in [3.8, 4) is 0 Å². The van der Waals surface area contributed by atoms with Crippen molar-refractivity contribution < 1.29 is 13.2 Å². The third-order valence-electron chi connectivity index (χ3n) is 3.51. The monoisotopic (exact) mass is 385 g/mol. The molecule has 2 rings (SSSR count). The Balaban J connectivity index is 2.33. The molecule has 1 aromatic carbocycles. The van der Waals surface area contributed by atoms with Crippen molar-refractivity contribution in [2.45, 2.75) is 30.9 Å². The molecule has 1 heterocycles. The first-order valence-corrected chi connectivity index (χ1v) is 10.2. The SMILES string of the molecule is CC(C)(C)C(=O)NC[C@H](c1cccs1)S(=O)(=O)c1ccc(Cl)cc1. The van der Waals surface area contributed by atoms with Crippen molar-refractivity contribution in [1.82, 2.24) is 5.32 Å². The van der Waals surface area contributed by atoms with E-state index >= 15 is 0 Å². The van der Waals surface area contributed by atoms with E-state index in [1.54, 1.807) is 45.0 Å². The molecule has 0 aliphatic heterocycles. The maximum Gasteiger partial charge on any atom is 0.225 e. The van der Waals surface area contributed by atoms with Crippen molar-refractivity contribution in [1.29, 1.82) is 0 Å². The molecule has 130 valence electrons. The first-order valence-electron chi connectivity index (χ1n) is 7.43. The smallest absolute Gasteiger partial charge is 0.225 e. The quantitative estimate of drug-likeness (QED) is 0.843. The lowest BCUT2D eigenvalue weighted by molar-refractivity contribution is -0.128. The molecule has 0 bridgehead atoms. The molecule has 0 unspecified atom stereocenters. The van der Waals surface area contributed by atoms with Crippen LogP contribution in [0.15, 0.2) is 46.7 Å². The third-order valence-corrected chi connectivity index (χ3v) is 6.99. The summed E-state index contributed by atoms with van der Waals surface area (Å²) >= 11 is 7.20. The van der Waals surface area contributed by atoms with Crippen molar-refractivity contribution in [3.63, 3.8) is 0 Å². The topological polar surface area (TPSA) is 63.2 Å². The maximum absolute atomic E-state index is 13.0. The largest absolute Gasteiger partial charge is 0.354 e. The zero-order chi connectivity index (χ0) is 18.0. The van der Waals surface area contributed by atoms with Crippen LogP contribution in [0.3, 0.4) is 0 Å². The molecular weight excluding hydrogens is 366 g/mol. The third kappa shape index (κ3) is 4.37. The van der Waals surface area contributed by atoms with E-state index in [1.807, 2.05) is 5.38 Å². The van der Waals surface area contributed by atoms with Crippen molar-refractivity contribution in [3.05, 3.63) is 51.7 Å². The molecule has 1 aromatic heterocycles. The average Bonchev–Trinajstić information content (AvgIpc) is 3.00. The number of rotatable bonds is 5. The predicted molar refractivity (Wildman–Crippen MR) is 98.2 cm³/mol. The van der Waals surface area contributed by atoms with Crippen LogP contribution in [0, 0.1) is 5.41 Å². The Morgan fingerprint density at radius 1 is 1.21 bits per heavy atom. The standard InChI is InChI=1S/C17H20ClNO3S2/c1-17(2,3)16(20)19-11-15(14-5-4-10-23-14)24(21,22)13-8-6-12(18)7-9-13/h4-10,15H,11H2,1-3H3,(H,19,20)/t15-/m1/s1. The van der Waals surface area contributed by atoms with E-state index in [0.717, 1.165) is 0 Å². The van der Waals surface area contributed by atoms with E-state index < -0.39 is 20.5 Å². The highest BCUT2D eigenvalue weighted by molar-refractivity contribution is 7.91. The van der Waals surface area contributed by atoms with E-state index in [9.17, 15) is 13.2 Å². The number of nitrogens with one attached hydrogen (secondary N) is 1. The summed E-state index contributed by atoms with van der Waals surface area (Å²) in [6.45, 7) is 5.39. The minimum Gasteiger partial charge on any atom is -0.354 e. The van der Waals surface area contributed by atoms with Gasteiger partial charge in [0.25, 0.3) is 0 Å². The summed E-state index contributed by atoms with van der Waals surface area (Å²) in [4.78, 5) is 13.0. The lowest BCUT2D eigenvalue weighted by Crippen LogP contribution is -2.38. The van der Waals surface area contributed by atoms with Gasteiger partial charge in [-0.25, -0.2) is 8.42 Å². The molecule has 0 saturated carbocycles. The zero-order valence-corrected chi connectivity index (χ0v) is 16.1. The first-order chi connectivity index (χ1) is 11.1. The van der Waals surface area contributed by atoms with Gasteiger partial charge in [-0.05, 0) is 35.7 Å². The van der Waals surface area contributed by atoms with Crippen LogP contribution in [0.5, 0.6) is 0 Å². The van der Waals surface area contributed by atoms with Gasteiger partial charge in [0.2, 0.25) is 5.91 Å². The highest BCUT2D eigenvalue weighted by Gasteiger charge is 2.31. The Morgan fingerprint density at radius 3 is 2.33 bits per heavy atom. The van der Waals surface area contributed by atoms with Crippen molar-refractivity contribution in [2.24, 2.45) is 5.41 Å². The second-order valence-electron chi connectivity index (χ2n) is 6.46. The number of carbonyl (C=O) groups is 1. The molecule has 1 N–H and O–H groups in total. The average molecular weight is 386 g/mol. The van der Waals surface area contributed by atoms with Crippen LogP contribution in [-0.2, 0) is 14.6 Å². The van der Waals surface area contributed by atoms with Crippen LogP contribution in [0.4, 0.5) is 0 Å². The number of hydrogen-bond donors (Lipinski definition) is 1. The van der Waals surface area contributed by atoms with Crippen LogP contribution >= 0.6 is 22.9 Å². The predicted octanol–water partition coefficient (Wildman–Crippen LogP) is 4.08. The van der Waals surface area contributed by atoms with Crippen LogP contribution in [0.2, 0.25) is 5.02 Å². The summed E-state index contributed by atoms with van der Waals surface area (Å²) in [7, 11) is -3.64. The van der Waals surface area contributed by atoms with E-state index in [0.29, 0.717) is 9.90 Å². The Hall–Kier alpha value is -1.37. The second-order valence-corrected chi connectivity index (χ2v) is 10.0. The summed E-state index contributed by atoms with van der Waals surface area (Å²) in [5.41, 5.74) is -0.579. The van der Waals surface area contributed by atoms with Gasteiger partial charge in [0.05, 0.1) is 4.90 Å². The molecule has 0 aliphatic carbocycles. The molecule has 0 aliphatic rings. The van der Waals surface area contributed by atoms with Gasteiger partial charge in [-0.15, -0.1) is 11.3 Å². The van der Waals surface area contributed by atoms with Crippen LogP contribution in [0.25, 0.3) is 0 Å². The van der Waals surface area contributed by atoms with Gasteiger partial charge in [-0.2, -0.15) is 0 Å². The first kappa shape index (κ1) is 19.0. The number of thiophene rings is 1. The van der Waals surface area contributed by atoms with Crippen molar-refractivity contribution in [2.75, 3.05) is 6.54 Å². The minimum atomic E-state index is -3.64. The van der Waals surface area contributed by atoms with Gasteiger partial charge in [0.15, 0.2) is 9.84 Å². The summed E-state index contributed by atoms with van der Waals surface area (Å²) in [6.07, 6.45) is 0. The highest BCUT2D eigenvalue weighted by Crippen LogP contribution is 2.32. The molecule has 0 radical (unpaired) electrons. The normalized spacial score (nSPS) is 13.5. The van der Waals surface area contributed by atoms with E-state index in [-0.39, 0.29) is 17.3 Å². The maximum atomic E-state index is 13.0. The Labute approximate surface area is 151 Å². The van der Waals surface area contributed by atoms with Gasteiger partial charge in [-0.3, -0.25) is 4.79 Å². The van der Waals surface area contributed by atoms with Crippen molar-refractivity contribution >= 4 is 38.7 Å². The minimum absolute atomic E-state index is 0.0293. The lowest BCUT2D eigenvalue weighted by atomic mass is 9.96. The molecule has 1 amide bonds. The number of sulfone groups is 1. The Morgan fingerprint density at radius 2 is 1.83 bits per heavy atom. The molecule has 1 atom stereocenters. The number of halogens is 1. The van der Waals surface area contributed by atoms with Gasteiger partial charge >= 0.3 is 0 Å². The van der Waals surface area contributed by atoms with Gasteiger partial charge < -0.3 is 5.32 Å². The number of hydrogen-bond acceptors (Lipinski definition) is 4. The Bertz CT molecular complexity index is 791. The van der Waals surface area contributed by atoms with Crippen LogP contribution in [-0.4, -0.2) is 20.9 Å². The van der Waals surface area contributed by atoms with Gasteiger partial charge in [0, 0.05) is 21.9 Å². The number of amides is 1. The molecule has 0 fully saturated rings. The molecule has 24 heavy (non-hydrogen) atoms. The summed E-state index contributed by atoms with van der Waals surface area (Å²) < 4.78 is 26.0. The molecule has 4 nitrogen and oxygen atoms in total. The Kier molecular flexibility index (Phi) is 5.73. The molecular formula is C17H20ClNO3S2. The summed E-state index contributed by atoms with van der Waals surface area (Å²) in [6, 6.07) is 9.65. The highest BCUT2D eigenvalue weighted by atomic mass is 35.5. The lowest BCUT2D eigenvalue weighted by Gasteiger charge is -2.22. The molecule has 0 spiro atoms. The fourth-order valence-corrected chi connectivity index (χ4v) is 4.99. The fraction of sp³-hybridized carbons (Fsp3) is 0.353. The number of benzene rings is 1. The number of carbonyl (C=O) groups excluding carboxylic acids is 1. The van der Waals surface area contributed by atoms with Crippen LogP contribution < -0.4 is 5.32 Å². The van der Waals surface area contributed by atoms with Gasteiger partial charge in [-0.1, -0.05) is 38.4 Å². The molecule has 2 aromatic rings. The molecule has 7 heteroatoms. The van der Waals surface area contributed by atoms with E-state index in [4.69, 9.17) is 11.6 Å². The summed E-state index contributed by atoms with van der Waals surface area (Å²) in [5, 5.41) is 4.23. The summed E-state index contributed by atoms with van der Waals surface area (Å²) in [5.74, 6) is -0.185. The van der Waals surface area contributed by atoms with E-state index in [1.165, 1.54) is 23.5 Å². The van der Waals surface area contributed by atoms with Crippen LogP contribution in [0.1, 0.15) is 30.9 Å². The van der Waals surface area contributed by atoms with Gasteiger partial charge in [0.1, 0.15) is 5.25 Å². The molecule has 0 saturated heterocycles.